The lowest BCUT2D eigenvalue weighted by molar-refractivity contribution is -0.137. The zero-order valence-corrected chi connectivity index (χ0v) is 21.3. The second kappa shape index (κ2) is 11.7. The van der Waals surface area contributed by atoms with Gasteiger partial charge in [-0.05, 0) is 37.8 Å². The fourth-order valence-corrected chi connectivity index (χ4v) is 5.61. The van der Waals surface area contributed by atoms with Crippen LogP contribution in [0.25, 0.3) is 6.08 Å². The van der Waals surface area contributed by atoms with Gasteiger partial charge in [-0.25, -0.2) is 0 Å². The molecule has 0 spiro atoms. The molecule has 8 nitrogen and oxygen atoms in total. The van der Waals surface area contributed by atoms with Crippen LogP contribution in [-0.2, 0) is 16.1 Å². The number of hydrogen-bond donors (Lipinski definition) is 1. The summed E-state index contributed by atoms with van der Waals surface area (Å²) in [6, 6.07) is 2.08. The van der Waals surface area contributed by atoms with Crippen molar-refractivity contribution >= 4 is 52.1 Å². The Bertz CT molecular complexity index is 1110. The predicted octanol–water partition coefficient (Wildman–Crippen LogP) is 3.88. The fourth-order valence-electron chi connectivity index (χ4n) is 4.32. The van der Waals surface area contributed by atoms with Gasteiger partial charge in [0.05, 0.1) is 11.3 Å². The molecule has 0 bridgehead atoms. The summed E-state index contributed by atoms with van der Waals surface area (Å²) in [5.74, 6) is -0.589. The van der Waals surface area contributed by atoms with E-state index in [9.17, 15) is 19.6 Å². The number of anilines is 1. The highest BCUT2D eigenvalue weighted by molar-refractivity contribution is 8.26. The molecular formula is C24H30N4O4S2. The summed E-state index contributed by atoms with van der Waals surface area (Å²) in [4.78, 5) is 41.3. The molecule has 2 saturated heterocycles. The first-order chi connectivity index (χ1) is 16.3. The van der Waals surface area contributed by atoms with Gasteiger partial charge in [-0.2, -0.15) is 5.26 Å². The fraction of sp³-hybridized carbons (Fsp3) is 0.542. The molecule has 10 heteroatoms. The Morgan fingerprint density at radius 3 is 2.47 bits per heavy atom. The molecule has 0 saturated carbocycles. The summed E-state index contributed by atoms with van der Waals surface area (Å²) in [6.45, 7) is 5.92. The number of rotatable bonds is 8. The number of nitrogens with zero attached hydrogens (tertiary/aromatic N) is 4. The van der Waals surface area contributed by atoms with Crippen LogP contribution >= 0.6 is 24.0 Å². The molecule has 34 heavy (non-hydrogen) atoms. The highest BCUT2D eigenvalue weighted by Gasteiger charge is 2.33. The van der Waals surface area contributed by atoms with Gasteiger partial charge in [0.25, 0.3) is 11.5 Å². The van der Waals surface area contributed by atoms with Gasteiger partial charge in [0, 0.05) is 31.7 Å². The average molecular weight is 503 g/mol. The number of aliphatic carboxylic acids is 1. The summed E-state index contributed by atoms with van der Waals surface area (Å²) >= 11 is 6.47. The maximum Gasteiger partial charge on any atom is 0.305 e. The second-order valence-electron chi connectivity index (χ2n) is 8.54. The standard InChI is InChI=1S/C24H30N4O4S2/c1-3-4-12-27-21(26-10-7-5-6-8-11-26)17(16(2)18(15-25)22(27)31)14-19-23(32)28(24(33)34-19)13-9-20(29)30/h14H,3-13H2,1-2H3,(H,29,30)/b19-14+. The van der Waals surface area contributed by atoms with Crippen LogP contribution in [0.1, 0.15) is 68.6 Å². The minimum Gasteiger partial charge on any atom is -0.481 e. The first-order valence-corrected chi connectivity index (χ1v) is 12.9. The Hall–Kier alpha value is -2.64. The van der Waals surface area contributed by atoms with Crippen LogP contribution in [0.2, 0.25) is 0 Å². The smallest absolute Gasteiger partial charge is 0.305 e. The molecule has 1 N–H and O–H groups in total. The SMILES string of the molecule is CCCCn1c(N2CCCCCC2)c(/C=C2/SC(=S)N(CCC(=O)O)C2=O)c(C)c(C#N)c1=O. The molecule has 0 unspecified atom stereocenters. The second-order valence-corrected chi connectivity index (χ2v) is 10.2. The summed E-state index contributed by atoms with van der Waals surface area (Å²) in [5.41, 5.74) is 1.03. The quantitative estimate of drug-likeness (QED) is 0.422. The summed E-state index contributed by atoms with van der Waals surface area (Å²) in [5, 5.41) is 18.8. The molecule has 2 aliphatic rings. The van der Waals surface area contributed by atoms with E-state index in [1.54, 1.807) is 17.6 Å². The van der Waals surface area contributed by atoms with Gasteiger partial charge in [-0.1, -0.05) is 50.2 Å². The lowest BCUT2D eigenvalue weighted by Gasteiger charge is -2.29. The summed E-state index contributed by atoms with van der Waals surface area (Å²) in [6.07, 6.45) is 7.52. The van der Waals surface area contributed by atoms with E-state index >= 15 is 0 Å². The summed E-state index contributed by atoms with van der Waals surface area (Å²) in [7, 11) is 0. The Morgan fingerprint density at radius 2 is 1.88 bits per heavy atom. The van der Waals surface area contributed by atoms with Crippen LogP contribution in [0.4, 0.5) is 5.82 Å². The molecule has 182 valence electrons. The summed E-state index contributed by atoms with van der Waals surface area (Å²) < 4.78 is 2.02. The molecule has 3 heterocycles. The molecule has 2 fully saturated rings. The Morgan fingerprint density at radius 1 is 1.21 bits per heavy atom. The lowest BCUT2D eigenvalue weighted by atomic mass is 10.0. The van der Waals surface area contributed by atoms with Crippen molar-refractivity contribution < 1.29 is 14.7 Å². The number of thioether (sulfide) groups is 1. The van der Waals surface area contributed by atoms with Crippen molar-refractivity contribution in [2.24, 2.45) is 0 Å². The van der Waals surface area contributed by atoms with Gasteiger partial charge in [0.1, 0.15) is 21.8 Å². The van der Waals surface area contributed by atoms with E-state index in [1.807, 2.05) is 0 Å². The van der Waals surface area contributed by atoms with Crippen LogP contribution in [0.5, 0.6) is 0 Å². The van der Waals surface area contributed by atoms with Gasteiger partial charge in [0.15, 0.2) is 0 Å². The average Bonchev–Trinajstić information content (AvgIpc) is 2.97. The number of unbranched alkanes of at least 4 members (excludes halogenated alkanes) is 1. The van der Waals surface area contributed by atoms with E-state index in [2.05, 4.69) is 17.9 Å². The maximum atomic E-state index is 13.3. The number of carboxylic acids is 1. The monoisotopic (exact) mass is 502 g/mol. The molecule has 1 amide bonds. The van der Waals surface area contributed by atoms with Crippen molar-refractivity contribution in [3.8, 4) is 6.07 Å². The van der Waals surface area contributed by atoms with Crippen LogP contribution in [0.15, 0.2) is 9.70 Å². The molecule has 1 aromatic heterocycles. The van der Waals surface area contributed by atoms with E-state index in [0.29, 0.717) is 26.9 Å². The number of hydrogen-bond acceptors (Lipinski definition) is 7. The molecule has 0 aromatic carbocycles. The van der Waals surface area contributed by atoms with Crippen LogP contribution in [0.3, 0.4) is 0 Å². The van der Waals surface area contributed by atoms with Crippen LogP contribution < -0.4 is 10.5 Å². The first-order valence-electron chi connectivity index (χ1n) is 11.7. The Labute approximate surface area is 209 Å². The largest absolute Gasteiger partial charge is 0.481 e. The number of thiocarbonyl (C=S) groups is 1. The molecule has 2 aliphatic heterocycles. The number of carbonyl (C=O) groups is 2. The number of carboxylic acid groups (broad SMARTS) is 1. The number of aromatic nitrogens is 1. The number of pyridine rings is 1. The van der Waals surface area contributed by atoms with Crippen LogP contribution in [0, 0.1) is 18.3 Å². The topological polar surface area (TPSA) is 107 Å². The van der Waals surface area contributed by atoms with Gasteiger partial charge >= 0.3 is 5.97 Å². The zero-order chi connectivity index (χ0) is 24.8. The van der Waals surface area contributed by atoms with E-state index in [-0.39, 0.29) is 30.0 Å². The van der Waals surface area contributed by atoms with E-state index in [1.165, 1.54) is 4.90 Å². The van der Waals surface area contributed by atoms with Crippen molar-refractivity contribution in [1.82, 2.24) is 9.47 Å². The third-order valence-corrected chi connectivity index (χ3v) is 7.56. The van der Waals surface area contributed by atoms with Gasteiger partial charge in [0.2, 0.25) is 0 Å². The molecule has 0 aliphatic carbocycles. The Balaban J connectivity index is 2.18. The molecule has 0 radical (unpaired) electrons. The molecule has 0 atom stereocenters. The predicted molar refractivity (Wildman–Crippen MR) is 138 cm³/mol. The van der Waals surface area contributed by atoms with E-state index in [0.717, 1.165) is 69.2 Å². The van der Waals surface area contributed by atoms with Crippen molar-refractivity contribution in [2.75, 3.05) is 24.5 Å². The number of nitriles is 1. The van der Waals surface area contributed by atoms with Gasteiger partial charge < -0.3 is 10.0 Å². The van der Waals surface area contributed by atoms with Crippen molar-refractivity contribution in [1.29, 1.82) is 5.26 Å². The number of carbonyl (C=O) groups excluding carboxylic acids is 1. The minimum absolute atomic E-state index is 0.00868. The minimum atomic E-state index is -1.00. The third-order valence-electron chi connectivity index (χ3n) is 6.19. The normalized spacial score (nSPS) is 17.9. The van der Waals surface area contributed by atoms with E-state index < -0.39 is 5.97 Å². The van der Waals surface area contributed by atoms with E-state index in [4.69, 9.17) is 17.3 Å². The molecule has 1 aromatic rings. The zero-order valence-electron chi connectivity index (χ0n) is 19.6. The van der Waals surface area contributed by atoms with Crippen molar-refractivity contribution in [3.63, 3.8) is 0 Å². The van der Waals surface area contributed by atoms with Crippen molar-refractivity contribution in [2.45, 2.75) is 65.3 Å². The lowest BCUT2D eigenvalue weighted by Crippen LogP contribution is -2.35. The highest BCUT2D eigenvalue weighted by Crippen LogP contribution is 2.36. The maximum absolute atomic E-state index is 13.3. The third kappa shape index (κ3) is 5.53. The molecule has 3 rings (SSSR count). The van der Waals surface area contributed by atoms with Gasteiger partial charge in [-0.15, -0.1) is 0 Å². The first kappa shape index (κ1) is 26.0. The Kier molecular flexibility index (Phi) is 8.91. The highest BCUT2D eigenvalue weighted by atomic mass is 32.2. The van der Waals surface area contributed by atoms with Crippen molar-refractivity contribution in [3.05, 3.63) is 31.9 Å². The van der Waals surface area contributed by atoms with Gasteiger partial charge in [-0.3, -0.25) is 23.9 Å². The molecular weight excluding hydrogens is 472 g/mol. The van der Waals surface area contributed by atoms with Crippen LogP contribution in [-0.4, -0.2) is 50.4 Å². The number of amides is 1.